The van der Waals surface area contributed by atoms with E-state index in [0.29, 0.717) is 17.3 Å². The summed E-state index contributed by atoms with van der Waals surface area (Å²) in [6.45, 7) is 4.18. The maximum atomic E-state index is 12.0. The van der Waals surface area contributed by atoms with Gasteiger partial charge in [-0.1, -0.05) is 25.1 Å². The predicted molar refractivity (Wildman–Crippen MR) is 70.9 cm³/mol. The molecule has 1 unspecified atom stereocenters. The SMILES string of the molecule is Cc1ccccc1S(=O)(=O)NCC(C)CCCl. The molecule has 0 saturated heterocycles. The molecule has 17 heavy (non-hydrogen) atoms. The van der Waals surface area contributed by atoms with Crippen LogP contribution in [0.3, 0.4) is 0 Å². The highest BCUT2D eigenvalue weighted by Crippen LogP contribution is 2.14. The van der Waals surface area contributed by atoms with Crippen molar-refractivity contribution < 1.29 is 8.42 Å². The number of alkyl halides is 1. The number of halogens is 1. The van der Waals surface area contributed by atoms with Gasteiger partial charge in [0.2, 0.25) is 10.0 Å². The third kappa shape index (κ3) is 4.30. The van der Waals surface area contributed by atoms with Crippen molar-refractivity contribution in [2.45, 2.75) is 25.2 Å². The van der Waals surface area contributed by atoms with Crippen molar-refractivity contribution in [1.29, 1.82) is 0 Å². The van der Waals surface area contributed by atoms with Crippen LogP contribution in [0.1, 0.15) is 18.9 Å². The van der Waals surface area contributed by atoms with Gasteiger partial charge >= 0.3 is 0 Å². The van der Waals surface area contributed by atoms with Crippen LogP contribution in [0.4, 0.5) is 0 Å². The lowest BCUT2D eigenvalue weighted by Gasteiger charge is -2.12. The van der Waals surface area contributed by atoms with E-state index in [0.717, 1.165) is 12.0 Å². The fourth-order valence-corrected chi connectivity index (χ4v) is 3.26. The van der Waals surface area contributed by atoms with Crippen molar-refractivity contribution >= 4 is 21.6 Å². The van der Waals surface area contributed by atoms with E-state index >= 15 is 0 Å². The van der Waals surface area contributed by atoms with E-state index in [-0.39, 0.29) is 5.92 Å². The molecule has 1 atom stereocenters. The minimum atomic E-state index is -3.40. The second kappa shape index (κ2) is 6.38. The molecule has 0 radical (unpaired) electrons. The Morgan fingerprint density at radius 1 is 1.35 bits per heavy atom. The molecule has 0 aliphatic heterocycles. The van der Waals surface area contributed by atoms with Gasteiger partial charge in [0, 0.05) is 12.4 Å². The molecule has 1 rings (SSSR count). The van der Waals surface area contributed by atoms with Crippen molar-refractivity contribution in [3.63, 3.8) is 0 Å². The van der Waals surface area contributed by atoms with Crippen molar-refractivity contribution in [1.82, 2.24) is 4.72 Å². The van der Waals surface area contributed by atoms with Crippen molar-refractivity contribution in [2.75, 3.05) is 12.4 Å². The van der Waals surface area contributed by atoms with Gasteiger partial charge in [-0.25, -0.2) is 13.1 Å². The monoisotopic (exact) mass is 275 g/mol. The number of rotatable bonds is 6. The zero-order valence-corrected chi connectivity index (χ0v) is 11.7. The molecular formula is C12H18ClNO2S. The van der Waals surface area contributed by atoms with Crippen LogP contribution in [-0.4, -0.2) is 20.8 Å². The standard InChI is InChI=1S/C12H18ClNO2S/c1-10(7-8-13)9-14-17(15,16)12-6-4-3-5-11(12)2/h3-6,10,14H,7-9H2,1-2H3. The Balaban J connectivity index is 2.73. The molecule has 0 bridgehead atoms. The summed E-state index contributed by atoms with van der Waals surface area (Å²) in [5.74, 6) is 0.791. The summed E-state index contributed by atoms with van der Waals surface area (Å²) < 4.78 is 26.6. The van der Waals surface area contributed by atoms with Crippen LogP contribution in [0, 0.1) is 12.8 Å². The molecule has 1 aromatic carbocycles. The number of hydrogen-bond donors (Lipinski definition) is 1. The van der Waals surface area contributed by atoms with Crippen molar-refractivity contribution in [2.24, 2.45) is 5.92 Å². The molecule has 0 heterocycles. The summed E-state index contributed by atoms with van der Waals surface area (Å²) in [5, 5.41) is 0. The normalized spacial score (nSPS) is 13.6. The van der Waals surface area contributed by atoms with Gasteiger partial charge in [0.1, 0.15) is 0 Å². The van der Waals surface area contributed by atoms with Gasteiger partial charge in [0.25, 0.3) is 0 Å². The molecular weight excluding hydrogens is 258 g/mol. The quantitative estimate of drug-likeness (QED) is 0.811. The van der Waals surface area contributed by atoms with Crippen LogP contribution in [0.25, 0.3) is 0 Å². The van der Waals surface area contributed by atoms with Crippen LogP contribution in [0.15, 0.2) is 29.2 Å². The van der Waals surface area contributed by atoms with E-state index in [9.17, 15) is 8.42 Å². The first-order chi connectivity index (χ1) is 7.97. The third-order valence-corrected chi connectivity index (χ3v) is 4.41. The highest BCUT2D eigenvalue weighted by atomic mass is 35.5. The zero-order valence-electron chi connectivity index (χ0n) is 10.1. The molecule has 0 amide bonds. The molecule has 0 spiro atoms. The lowest BCUT2D eigenvalue weighted by atomic mass is 10.1. The van der Waals surface area contributed by atoms with Gasteiger partial charge in [-0.3, -0.25) is 0 Å². The fourth-order valence-electron chi connectivity index (χ4n) is 1.48. The van der Waals surface area contributed by atoms with Gasteiger partial charge < -0.3 is 0 Å². The van der Waals surface area contributed by atoms with Crippen molar-refractivity contribution in [3.8, 4) is 0 Å². The number of benzene rings is 1. The van der Waals surface area contributed by atoms with Gasteiger partial charge in [-0.15, -0.1) is 11.6 Å². The van der Waals surface area contributed by atoms with Crippen LogP contribution >= 0.6 is 11.6 Å². The van der Waals surface area contributed by atoms with Gasteiger partial charge in [-0.2, -0.15) is 0 Å². The molecule has 3 nitrogen and oxygen atoms in total. The lowest BCUT2D eigenvalue weighted by Crippen LogP contribution is -2.29. The van der Waals surface area contributed by atoms with E-state index in [2.05, 4.69) is 4.72 Å². The van der Waals surface area contributed by atoms with E-state index in [4.69, 9.17) is 11.6 Å². The number of aryl methyl sites for hydroxylation is 1. The molecule has 0 saturated carbocycles. The molecule has 0 aromatic heterocycles. The number of sulfonamides is 1. The summed E-state index contributed by atoms with van der Waals surface area (Å²) in [6.07, 6.45) is 0.803. The maximum absolute atomic E-state index is 12.0. The van der Waals surface area contributed by atoms with Crippen LogP contribution < -0.4 is 4.72 Å². The fraction of sp³-hybridized carbons (Fsp3) is 0.500. The second-order valence-corrected chi connectivity index (χ2v) is 6.31. The average Bonchev–Trinajstić information content (AvgIpc) is 2.27. The Hall–Kier alpha value is -0.580. The summed E-state index contributed by atoms with van der Waals surface area (Å²) in [6, 6.07) is 6.95. The van der Waals surface area contributed by atoms with Crippen molar-refractivity contribution in [3.05, 3.63) is 29.8 Å². The second-order valence-electron chi connectivity index (χ2n) is 4.20. The smallest absolute Gasteiger partial charge is 0.211 e. The molecule has 5 heteroatoms. The van der Waals surface area contributed by atoms with Crippen LogP contribution in [0.2, 0.25) is 0 Å². The molecule has 96 valence electrons. The predicted octanol–water partition coefficient (Wildman–Crippen LogP) is 2.54. The lowest BCUT2D eigenvalue weighted by molar-refractivity contribution is 0.530. The van der Waals surface area contributed by atoms with Crippen LogP contribution in [-0.2, 0) is 10.0 Å². The third-order valence-electron chi connectivity index (χ3n) is 2.61. The van der Waals surface area contributed by atoms with Gasteiger partial charge in [0.15, 0.2) is 0 Å². The summed E-state index contributed by atoms with van der Waals surface area (Å²) >= 11 is 5.61. The Labute approximate surface area is 108 Å². The van der Waals surface area contributed by atoms with Gasteiger partial charge in [0.05, 0.1) is 4.90 Å². The summed E-state index contributed by atoms with van der Waals surface area (Å²) in [4.78, 5) is 0.345. The van der Waals surface area contributed by atoms with E-state index < -0.39 is 10.0 Å². The highest BCUT2D eigenvalue weighted by Gasteiger charge is 2.16. The molecule has 0 aliphatic rings. The highest BCUT2D eigenvalue weighted by molar-refractivity contribution is 7.89. The Morgan fingerprint density at radius 3 is 2.59 bits per heavy atom. The summed E-state index contributed by atoms with van der Waals surface area (Å²) in [5.41, 5.74) is 0.755. The number of hydrogen-bond acceptors (Lipinski definition) is 2. The molecule has 0 aliphatic carbocycles. The van der Waals surface area contributed by atoms with E-state index in [1.807, 2.05) is 13.0 Å². The molecule has 1 aromatic rings. The largest absolute Gasteiger partial charge is 0.240 e. The van der Waals surface area contributed by atoms with Crippen LogP contribution in [0.5, 0.6) is 0 Å². The zero-order chi connectivity index (χ0) is 12.9. The minimum Gasteiger partial charge on any atom is -0.211 e. The Bertz CT molecular complexity index is 459. The number of nitrogens with one attached hydrogen (secondary N) is 1. The first-order valence-electron chi connectivity index (χ1n) is 5.58. The first-order valence-corrected chi connectivity index (χ1v) is 7.60. The summed E-state index contributed by atoms with van der Waals surface area (Å²) in [7, 11) is -3.40. The molecule has 1 N–H and O–H groups in total. The topological polar surface area (TPSA) is 46.2 Å². The Kier molecular flexibility index (Phi) is 5.43. The van der Waals surface area contributed by atoms with E-state index in [1.165, 1.54) is 0 Å². The Morgan fingerprint density at radius 2 is 2.00 bits per heavy atom. The molecule has 0 fully saturated rings. The average molecular weight is 276 g/mol. The minimum absolute atomic E-state index is 0.242. The van der Waals surface area contributed by atoms with E-state index in [1.54, 1.807) is 25.1 Å². The first kappa shape index (κ1) is 14.5. The maximum Gasteiger partial charge on any atom is 0.240 e. The van der Waals surface area contributed by atoms with Gasteiger partial charge in [-0.05, 0) is 30.9 Å².